The van der Waals surface area contributed by atoms with Crippen molar-refractivity contribution < 1.29 is 4.79 Å². The summed E-state index contributed by atoms with van der Waals surface area (Å²) in [4.78, 5) is 21.1. The van der Waals surface area contributed by atoms with Gasteiger partial charge in [-0.05, 0) is 35.2 Å². The van der Waals surface area contributed by atoms with Gasteiger partial charge in [0, 0.05) is 48.6 Å². The Kier molecular flexibility index (Phi) is 6.22. The summed E-state index contributed by atoms with van der Waals surface area (Å²) in [5, 5.41) is 6.66. The van der Waals surface area contributed by atoms with Gasteiger partial charge in [0.05, 0.1) is 11.9 Å². The van der Waals surface area contributed by atoms with Crippen molar-refractivity contribution in [3.05, 3.63) is 120 Å². The van der Waals surface area contributed by atoms with Crippen molar-refractivity contribution in [2.45, 2.75) is 31.5 Å². The number of amides is 1. The summed E-state index contributed by atoms with van der Waals surface area (Å²) >= 11 is 0. The first-order valence-electron chi connectivity index (χ1n) is 11.3. The molecule has 0 spiro atoms. The van der Waals surface area contributed by atoms with Crippen molar-refractivity contribution in [3.8, 4) is 11.3 Å². The quantitative estimate of drug-likeness (QED) is 0.421. The molecule has 4 aromatic rings. The van der Waals surface area contributed by atoms with Gasteiger partial charge in [-0.15, -0.1) is 0 Å². The van der Waals surface area contributed by atoms with Crippen LogP contribution in [0.2, 0.25) is 0 Å². The van der Waals surface area contributed by atoms with Crippen molar-refractivity contribution in [2.24, 2.45) is 0 Å². The van der Waals surface area contributed by atoms with Gasteiger partial charge in [-0.3, -0.25) is 14.8 Å². The van der Waals surface area contributed by atoms with Crippen LogP contribution in [0.3, 0.4) is 0 Å². The molecule has 0 saturated heterocycles. The lowest BCUT2D eigenvalue weighted by molar-refractivity contribution is 0.0951. The van der Waals surface area contributed by atoms with Crippen LogP contribution in [-0.4, -0.2) is 21.9 Å². The van der Waals surface area contributed by atoms with Crippen LogP contribution in [0.5, 0.6) is 0 Å². The molecule has 164 valence electrons. The summed E-state index contributed by atoms with van der Waals surface area (Å²) in [6.07, 6.45) is 6.32. The van der Waals surface area contributed by atoms with Gasteiger partial charge in [0.2, 0.25) is 0 Å². The summed E-state index contributed by atoms with van der Waals surface area (Å²) in [5.41, 5.74) is 6.28. The zero-order valence-corrected chi connectivity index (χ0v) is 18.3. The molecule has 1 heterocycles. The first-order valence-corrected chi connectivity index (χ1v) is 11.3. The highest BCUT2D eigenvalue weighted by Gasteiger charge is 2.37. The predicted molar refractivity (Wildman–Crippen MR) is 130 cm³/mol. The predicted octanol–water partition coefficient (Wildman–Crippen LogP) is 4.72. The van der Waals surface area contributed by atoms with Crippen molar-refractivity contribution in [2.75, 3.05) is 0 Å². The summed E-state index contributed by atoms with van der Waals surface area (Å²) in [6.45, 7) is 1.32. The maximum atomic E-state index is 12.5. The van der Waals surface area contributed by atoms with E-state index in [2.05, 4.69) is 50.9 Å². The number of nitrogens with zero attached hydrogens (tertiary/aromatic N) is 2. The molecule has 1 aromatic heterocycles. The molecule has 1 aliphatic carbocycles. The van der Waals surface area contributed by atoms with E-state index in [-0.39, 0.29) is 5.91 Å². The Morgan fingerprint density at radius 3 is 2.45 bits per heavy atom. The SMILES string of the molecule is O=C(NCc1ccccc1)c1ccc(C2CC2NCc2ccccc2-c2cnccn2)cc1. The van der Waals surface area contributed by atoms with Crippen LogP contribution in [0.25, 0.3) is 11.3 Å². The van der Waals surface area contributed by atoms with Crippen LogP contribution in [0, 0.1) is 0 Å². The average molecular weight is 435 g/mol. The molecule has 1 aliphatic rings. The van der Waals surface area contributed by atoms with E-state index in [1.807, 2.05) is 48.5 Å². The fourth-order valence-corrected chi connectivity index (χ4v) is 4.15. The van der Waals surface area contributed by atoms with Crippen LogP contribution >= 0.6 is 0 Å². The van der Waals surface area contributed by atoms with Crippen LogP contribution < -0.4 is 10.6 Å². The number of benzene rings is 3. The van der Waals surface area contributed by atoms with Crippen LogP contribution in [0.15, 0.2) is 97.5 Å². The Morgan fingerprint density at radius 2 is 1.67 bits per heavy atom. The molecule has 0 radical (unpaired) electrons. The average Bonchev–Trinajstić information content (AvgIpc) is 3.67. The normalized spacial score (nSPS) is 16.8. The van der Waals surface area contributed by atoms with E-state index in [9.17, 15) is 4.79 Å². The Hall–Kier alpha value is -3.83. The Bertz CT molecular complexity index is 1210. The molecule has 1 fully saturated rings. The molecule has 1 amide bonds. The largest absolute Gasteiger partial charge is 0.348 e. The van der Waals surface area contributed by atoms with E-state index in [4.69, 9.17) is 0 Å². The molecule has 5 heteroatoms. The van der Waals surface area contributed by atoms with E-state index in [0.29, 0.717) is 24.1 Å². The van der Waals surface area contributed by atoms with Crippen molar-refractivity contribution in [3.63, 3.8) is 0 Å². The highest BCUT2D eigenvalue weighted by Crippen LogP contribution is 2.41. The third kappa shape index (κ3) is 5.16. The van der Waals surface area contributed by atoms with E-state index in [1.165, 1.54) is 11.1 Å². The first kappa shape index (κ1) is 21.0. The second-order valence-corrected chi connectivity index (χ2v) is 8.37. The van der Waals surface area contributed by atoms with E-state index in [0.717, 1.165) is 29.8 Å². The number of hydrogen-bond donors (Lipinski definition) is 2. The highest BCUT2D eigenvalue weighted by molar-refractivity contribution is 5.94. The van der Waals surface area contributed by atoms with Gasteiger partial charge >= 0.3 is 0 Å². The molecule has 33 heavy (non-hydrogen) atoms. The minimum Gasteiger partial charge on any atom is -0.348 e. The summed E-state index contributed by atoms with van der Waals surface area (Å²) < 4.78 is 0. The summed E-state index contributed by atoms with van der Waals surface area (Å²) in [6, 6.07) is 26.7. The van der Waals surface area contributed by atoms with Crippen LogP contribution in [0.1, 0.15) is 39.4 Å². The second kappa shape index (κ2) is 9.76. The molecule has 5 nitrogen and oxygen atoms in total. The number of carbonyl (C=O) groups excluding carboxylic acids is 1. The van der Waals surface area contributed by atoms with Gasteiger partial charge in [-0.1, -0.05) is 66.7 Å². The number of carbonyl (C=O) groups is 1. The fourth-order valence-electron chi connectivity index (χ4n) is 4.15. The molecular weight excluding hydrogens is 408 g/mol. The van der Waals surface area contributed by atoms with Gasteiger partial charge in [0.1, 0.15) is 0 Å². The van der Waals surface area contributed by atoms with Crippen LogP contribution in [-0.2, 0) is 13.1 Å². The molecule has 2 unspecified atom stereocenters. The third-order valence-corrected chi connectivity index (χ3v) is 6.10. The zero-order valence-electron chi connectivity index (χ0n) is 18.3. The highest BCUT2D eigenvalue weighted by atomic mass is 16.1. The first-order chi connectivity index (χ1) is 16.3. The maximum absolute atomic E-state index is 12.5. The van der Waals surface area contributed by atoms with Crippen molar-refractivity contribution >= 4 is 5.91 Å². The lowest BCUT2D eigenvalue weighted by Crippen LogP contribution is -2.22. The van der Waals surface area contributed by atoms with E-state index < -0.39 is 0 Å². The van der Waals surface area contributed by atoms with Crippen LogP contribution in [0.4, 0.5) is 0 Å². The molecule has 2 N–H and O–H groups in total. The van der Waals surface area contributed by atoms with Gasteiger partial charge in [0.25, 0.3) is 5.91 Å². The third-order valence-electron chi connectivity index (χ3n) is 6.10. The lowest BCUT2D eigenvalue weighted by atomic mass is 10.0. The minimum atomic E-state index is -0.0449. The Balaban J connectivity index is 1.15. The maximum Gasteiger partial charge on any atom is 0.251 e. The smallest absolute Gasteiger partial charge is 0.251 e. The van der Waals surface area contributed by atoms with Crippen molar-refractivity contribution in [1.82, 2.24) is 20.6 Å². The Morgan fingerprint density at radius 1 is 0.879 bits per heavy atom. The van der Waals surface area contributed by atoms with Gasteiger partial charge in [-0.2, -0.15) is 0 Å². The molecule has 0 bridgehead atoms. The molecule has 5 rings (SSSR count). The number of rotatable bonds is 8. The lowest BCUT2D eigenvalue weighted by Gasteiger charge is -2.10. The minimum absolute atomic E-state index is 0.0449. The number of nitrogens with one attached hydrogen (secondary N) is 2. The standard InChI is InChI=1S/C28H26N4O/c33-28(32-17-20-6-2-1-3-7-20)22-12-10-21(11-13-22)25-16-26(25)31-18-23-8-4-5-9-24(23)27-19-29-14-15-30-27/h1-15,19,25-26,31H,16-18H2,(H,32,33). The van der Waals surface area contributed by atoms with E-state index >= 15 is 0 Å². The van der Waals surface area contributed by atoms with Crippen molar-refractivity contribution in [1.29, 1.82) is 0 Å². The molecular formula is C28H26N4O. The molecule has 3 aromatic carbocycles. The Labute approximate surface area is 193 Å². The van der Waals surface area contributed by atoms with Gasteiger partial charge in [-0.25, -0.2) is 0 Å². The summed E-state index contributed by atoms with van der Waals surface area (Å²) in [5.74, 6) is 0.437. The fraction of sp³-hybridized carbons (Fsp3) is 0.179. The zero-order chi connectivity index (χ0) is 22.5. The van der Waals surface area contributed by atoms with E-state index in [1.54, 1.807) is 18.6 Å². The van der Waals surface area contributed by atoms with Gasteiger partial charge < -0.3 is 10.6 Å². The topological polar surface area (TPSA) is 66.9 Å². The molecule has 0 aliphatic heterocycles. The van der Waals surface area contributed by atoms with Gasteiger partial charge in [0.15, 0.2) is 0 Å². The number of aromatic nitrogens is 2. The molecule has 1 saturated carbocycles. The summed E-state index contributed by atoms with van der Waals surface area (Å²) in [7, 11) is 0. The second-order valence-electron chi connectivity index (χ2n) is 8.37. The monoisotopic (exact) mass is 434 g/mol. The number of hydrogen-bond acceptors (Lipinski definition) is 4. The molecule has 2 atom stereocenters.